The summed E-state index contributed by atoms with van der Waals surface area (Å²) in [4.78, 5) is 14.9. The molecule has 5 nitrogen and oxygen atoms in total. The molecule has 0 saturated heterocycles. The van der Waals surface area contributed by atoms with Gasteiger partial charge in [0.1, 0.15) is 6.17 Å². The normalized spacial score (nSPS) is 16.0. The lowest BCUT2D eigenvalue weighted by Crippen LogP contribution is -2.43. The first-order chi connectivity index (χ1) is 12.7. The molecular weight excluding hydrogens is 328 g/mol. The zero-order chi connectivity index (χ0) is 18.5. The summed E-state index contributed by atoms with van der Waals surface area (Å²) >= 11 is 0. The summed E-state index contributed by atoms with van der Waals surface area (Å²) in [6.07, 6.45) is 1.59. The largest absolute Gasteiger partial charge is 0.493 e. The first kappa shape index (κ1) is 18.1. The number of amides is 1. The van der Waals surface area contributed by atoms with Gasteiger partial charge in [-0.15, -0.1) is 0 Å². The summed E-state index contributed by atoms with van der Waals surface area (Å²) < 4.78 is 11.3. The van der Waals surface area contributed by atoms with Crippen molar-refractivity contribution in [3.05, 3.63) is 53.6 Å². The average molecular weight is 354 g/mol. The van der Waals surface area contributed by atoms with Crippen LogP contribution in [0.4, 0.5) is 5.69 Å². The Bertz CT molecular complexity index is 776. The Morgan fingerprint density at radius 1 is 1.08 bits per heavy atom. The number of methoxy groups -OCH3 is 1. The second-order valence-electron chi connectivity index (χ2n) is 6.35. The molecule has 1 N–H and O–H groups in total. The lowest BCUT2D eigenvalue weighted by atomic mass is 10.0. The van der Waals surface area contributed by atoms with Crippen molar-refractivity contribution in [1.82, 2.24) is 4.90 Å². The lowest BCUT2D eigenvalue weighted by Gasteiger charge is -2.38. The van der Waals surface area contributed by atoms with Crippen molar-refractivity contribution in [1.29, 1.82) is 0 Å². The third kappa shape index (κ3) is 3.47. The maximum atomic E-state index is 13.0. The molecule has 0 unspecified atom stereocenters. The standard InChI is InChI=1S/C21H26N2O3/c1-4-12-23-20(22-17-9-7-6-8-16(17)21(23)24)15-10-11-18(26-13-5-2)19(14-15)25-3/h6-11,14,20,22H,4-5,12-13H2,1-3H3/t20-/m1/s1. The van der Waals surface area contributed by atoms with Crippen LogP contribution in [0.5, 0.6) is 11.5 Å². The number of fused-ring (bicyclic) bond motifs is 1. The molecule has 5 heteroatoms. The minimum Gasteiger partial charge on any atom is -0.493 e. The van der Waals surface area contributed by atoms with Gasteiger partial charge in [-0.2, -0.15) is 0 Å². The van der Waals surface area contributed by atoms with E-state index in [1.807, 2.05) is 47.4 Å². The highest BCUT2D eigenvalue weighted by Gasteiger charge is 2.32. The van der Waals surface area contributed by atoms with Crippen LogP contribution in [0.2, 0.25) is 0 Å². The van der Waals surface area contributed by atoms with Crippen molar-refractivity contribution in [2.75, 3.05) is 25.6 Å². The van der Waals surface area contributed by atoms with Crippen molar-refractivity contribution in [3.8, 4) is 11.5 Å². The number of anilines is 1. The first-order valence-electron chi connectivity index (χ1n) is 9.16. The Labute approximate surface area is 154 Å². The molecule has 0 spiro atoms. The van der Waals surface area contributed by atoms with Gasteiger partial charge >= 0.3 is 0 Å². The molecule has 0 bridgehead atoms. The number of hydrogen-bond donors (Lipinski definition) is 1. The second kappa shape index (κ2) is 8.13. The molecule has 0 saturated carbocycles. The predicted molar refractivity (Wildman–Crippen MR) is 103 cm³/mol. The number of benzene rings is 2. The van der Waals surface area contributed by atoms with Gasteiger partial charge in [-0.1, -0.05) is 32.0 Å². The van der Waals surface area contributed by atoms with Crippen LogP contribution in [0.1, 0.15) is 48.8 Å². The number of ether oxygens (including phenoxy) is 2. The number of carbonyl (C=O) groups excluding carboxylic acids is 1. The van der Waals surface area contributed by atoms with Crippen LogP contribution < -0.4 is 14.8 Å². The van der Waals surface area contributed by atoms with E-state index in [0.717, 1.165) is 29.8 Å². The van der Waals surface area contributed by atoms with Gasteiger partial charge < -0.3 is 19.7 Å². The maximum Gasteiger partial charge on any atom is 0.257 e. The highest BCUT2D eigenvalue weighted by molar-refractivity contribution is 6.01. The molecule has 138 valence electrons. The van der Waals surface area contributed by atoms with Gasteiger partial charge in [0.2, 0.25) is 0 Å². The number of nitrogens with one attached hydrogen (secondary N) is 1. The third-order valence-corrected chi connectivity index (χ3v) is 4.45. The van der Waals surface area contributed by atoms with Gasteiger partial charge in [0.05, 0.1) is 19.3 Å². The number of rotatable bonds is 7. The monoisotopic (exact) mass is 354 g/mol. The first-order valence-corrected chi connectivity index (χ1v) is 9.16. The van der Waals surface area contributed by atoms with Crippen LogP contribution in [-0.4, -0.2) is 31.1 Å². The Kier molecular flexibility index (Phi) is 5.66. The van der Waals surface area contributed by atoms with E-state index in [2.05, 4.69) is 19.2 Å². The van der Waals surface area contributed by atoms with Crippen molar-refractivity contribution < 1.29 is 14.3 Å². The van der Waals surface area contributed by atoms with Crippen molar-refractivity contribution in [2.45, 2.75) is 32.9 Å². The summed E-state index contributed by atoms with van der Waals surface area (Å²) in [5, 5.41) is 3.50. The fourth-order valence-electron chi connectivity index (χ4n) is 3.21. The van der Waals surface area contributed by atoms with Gasteiger partial charge in [-0.05, 0) is 42.7 Å². The van der Waals surface area contributed by atoms with Crippen LogP contribution in [0, 0.1) is 0 Å². The van der Waals surface area contributed by atoms with E-state index in [4.69, 9.17) is 9.47 Å². The molecule has 1 amide bonds. The van der Waals surface area contributed by atoms with E-state index in [1.54, 1.807) is 7.11 Å². The maximum absolute atomic E-state index is 13.0. The quantitative estimate of drug-likeness (QED) is 0.797. The van der Waals surface area contributed by atoms with Crippen LogP contribution >= 0.6 is 0 Å². The highest BCUT2D eigenvalue weighted by atomic mass is 16.5. The van der Waals surface area contributed by atoms with Crippen LogP contribution in [0.3, 0.4) is 0 Å². The number of hydrogen-bond acceptors (Lipinski definition) is 4. The Hall–Kier alpha value is -2.69. The smallest absolute Gasteiger partial charge is 0.257 e. The van der Waals surface area contributed by atoms with Crippen molar-refractivity contribution >= 4 is 11.6 Å². The predicted octanol–water partition coefficient (Wildman–Crippen LogP) is 4.46. The zero-order valence-electron chi connectivity index (χ0n) is 15.6. The summed E-state index contributed by atoms with van der Waals surface area (Å²) in [6.45, 7) is 5.47. The Morgan fingerprint density at radius 2 is 1.88 bits per heavy atom. The second-order valence-corrected chi connectivity index (χ2v) is 6.35. The molecule has 0 fully saturated rings. The molecular formula is C21H26N2O3. The zero-order valence-corrected chi connectivity index (χ0v) is 15.6. The molecule has 1 aliphatic heterocycles. The number of nitrogens with zero attached hydrogens (tertiary/aromatic N) is 1. The van der Waals surface area contributed by atoms with E-state index in [1.165, 1.54) is 0 Å². The van der Waals surface area contributed by atoms with Gasteiger partial charge in [0.15, 0.2) is 11.5 Å². The SMILES string of the molecule is CCCOc1ccc([C@@H]2Nc3ccccc3C(=O)N2CCC)cc1OC. The molecule has 2 aromatic carbocycles. The summed E-state index contributed by atoms with van der Waals surface area (Å²) in [5.41, 5.74) is 2.55. The molecule has 0 aliphatic carbocycles. The van der Waals surface area contributed by atoms with Gasteiger partial charge in [-0.25, -0.2) is 0 Å². The van der Waals surface area contributed by atoms with Crippen LogP contribution in [0.25, 0.3) is 0 Å². The molecule has 1 aliphatic rings. The fourth-order valence-corrected chi connectivity index (χ4v) is 3.21. The molecule has 3 rings (SSSR count). The molecule has 1 heterocycles. The lowest BCUT2D eigenvalue weighted by molar-refractivity contribution is 0.0683. The number of carbonyl (C=O) groups is 1. The van der Waals surface area contributed by atoms with Crippen LogP contribution in [-0.2, 0) is 0 Å². The Morgan fingerprint density at radius 3 is 2.62 bits per heavy atom. The van der Waals surface area contributed by atoms with Gasteiger partial charge in [-0.3, -0.25) is 4.79 Å². The van der Waals surface area contributed by atoms with Gasteiger partial charge in [0.25, 0.3) is 5.91 Å². The van der Waals surface area contributed by atoms with E-state index in [0.29, 0.717) is 24.5 Å². The van der Waals surface area contributed by atoms with Crippen LogP contribution in [0.15, 0.2) is 42.5 Å². The number of para-hydroxylation sites is 1. The van der Waals surface area contributed by atoms with E-state index in [9.17, 15) is 4.79 Å². The molecule has 0 radical (unpaired) electrons. The van der Waals surface area contributed by atoms with E-state index in [-0.39, 0.29) is 12.1 Å². The average Bonchev–Trinajstić information content (AvgIpc) is 2.68. The highest BCUT2D eigenvalue weighted by Crippen LogP contribution is 2.36. The van der Waals surface area contributed by atoms with E-state index < -0.39 is 0 Å². The topological polar surface area (TPSA) is 50.8 Å². The molecule has 26 heavy (non-hydrogen) atoms. The van der Waals surface area contributed by atoms with Crippen molar-refractivity contribution in [2.24, 2.45) is 0 Å². The van der Waals surface area contributed by atoms with Crippen molar-refractivity contribution in [3.63, 3.8) is 0 Å². The van der Waals surface area contributed by atoms with Gasteiger partial charge in [0, 0.05) is 12.2 Å². The molecule has 0 aromatic heterocycles. The Balaban J connectivity index is 1.97. The third-order valence-electron chi connectivity index (χ3n) is 4.45. The van der Waals surface area contributed by atoms with E-state index >= 15 is 0 Å². The summed E-state index contributed by atoms with van der Waals surface area (Å²) in [7, 11) is 1.64. The summed E-state index contributed by atoms with van der Waals surface area (Å²) in [6, 6.07) is 13.5. The minimum absolute atomic E-state index is 0.0523. The summed E-state index contributed by atoms with van der Waals surface area (Å²) in [5.74, 6) is 1.46. The fraction of sp³-hybridized carbons (Fsp3) is 0.381. The molecule has 2 aromatic rings. The minimum atomic E-state index is -0.230. The molecule has 1 atom stereocenters.